The van der Waals surface area contributed by atoms with Gasteiger partial charge in [0.25, 0.3) is 0 Å². The molecule has 1 aliphatic carbocycles. The fourth-order valence-corrected chi connectivity index (χ4v) is 1.28. The average Bonchev–Trinajstić information content (AvgIpc) is 1.83. The summed E-state index contributed by atoms with van der Waals surface area (Å²) in [4.78, 5) is 4.05. The van der Waals surface area contributed by atoms with E-state index >= 15 is 0 Å². The van der Waals surface area contributed by atoms with Crippen LogP contribution in [0.25, 0.3) is 0 Å². The zero-order chi connectivity index (χ0) is 8.27. The number of hydrogen-bond donors (Lipinski definition) is 3. The van der Waals surface area contributed by atoms with Gasteiger partial charge in [-0.15, -0.1) is 0 Å². The third kappa shape index (κ3) is 2.08. The summed E-state index contributed by atoms with van der Waals surface area (Å²) < 4.78 is 0. The number of hydroxylamine groups is 1. The van der Waals surface area contributed by atoms with Gasteiger partial charge in [-0.05, 0) is 25.7 Å². The van der Waals surface area contributed by atoms with E-state index in [1.165, 1.54) is 19.3 Å². The molecule has 4 N–H and O–H groups in total. The van der Waals surface area contributed by atoms with Crippen LogP contribution in [0.2, 0.25) is 0 Å². The predicted octanol–water partition coefficient (Wildman–Crippen LogP) is 0.468. The molecule has 0 aromatic rings. The highest BCUT2D eigenvalue weighted by molar-refractivity contribution is 5.76. The first-order chi connectivity index (χ1) is 5.24. The molecule has 64 valence electrons. The number of hydrogen-bond acceptors (Lipinski definition) is 2. The van der Waals surface area contributed by atoms with E-state index in [0.717, 1.165) is 0 Å². The Morgan fingerprint density at radius 3 is 2.73 bits per heavy atom. The maximum Gasteiger partial charge on any atom is 0.213 e. The summed E-state index contributed by atoms with van der Waals surface area (Å²) in [5.74, 6) is 0.784. The first-order valence-electron chi connectivity index (χ1n) is 3.97. The van der Waals surface area contributed by atoms with Crippen molar-refractivity contribution in [2.75, 3.05) is 0 Å². The highest BCUT2D eigenvalue weighted by Crippen LogP contribution is 2.30. The summed E-state index contributed by atoms with van der Waals surface area (Å²) >= 11 is 0. The highest BCUT2D eigenvalue weighted by atomic mass is 16.5. The van der Waals surface area contributed by atoms with Gasteiger partial charge in [0.2, 0.25) is 5.96 Å². The maximum atomic E-state index is 8.35. The molecule has 4 heteroatoms. The Morgan fingerprint density at radius 1 is 1.73 bits per heavy atom. The Bertz CT molecular complexity index is 154. The molecule has 0 aliphatic heterocycles. The summed E-state index contributed by atoms with van der Waals surface area (Å²) in [5.41, 5.74) is 7.11. The van der Waals surface area contributed by atoms with Gasteiger partial charge in [0.05, 0.1) is 6.04 Å². The van der Waals surface area contributed by atoms with Crippen molar-refractivity contribution in [1.82, 2.24) is 5.48 Å². The van der Waals surface area contributed by atoms with Crippen LogP contribution in [0.15, 0.2) is 4.99 Å². The first-order valence-corrected chi connectivity index (χ1v) is 3.97. The van der Waals surface area contributed by atoms with E-state index < -0.39 is 0 Å². The van der Waals surface area contributed by atoms with E-state index in [0.29, 0.717) is 5.92 Å². The van der Waals surface area contributed by atoms with Crippen molar-refractivity contribution >= 4 is 5.96 Å². The lowest BCUT2D eigenvalue weighted by molar-refractivity contribution is 0.228. The second-order valence-electron chi connectivity index (χ2n) is 3.06. The van der Waals surface area contributed by atoms with Crippen molar-refractivity contribution in [3.8, 4) is 0 Å². The highest BCUT2D eigenvalue weighted by Gasteiger charge is 2.23. The summed E-state index contributed by atoms with van der Waals surface area (Å²) in [7, 11) is 0. The van der Waals surface area contributed by atoms with E-state index in [4.69, 9.17) is 10.9 Å². The van der Waals surface area contributed by atoms with Crippen LogP contribution in [0.4, 0.5) is 0 Å². The van der Waals surface area contributed by atoms with Crippen LogP contribution in [-0.2, 0) is 0 Å². The summed E-state index contributed by atoms with van der Waals surface area (Å²) in [6.45, 7) is 2.02. The molecule has 0 aromatic heterocycles. The van der Waals surface area contributed by atoms with Crippen LogP contribution in [0.1, 0.15) is 26.2 Å². The quantitative estimate of drug-likeness (QED) is 0.310. The van der Waals surface area contributed by atoms with E-state index in [9.17, 15) is 0 Å². The van der Waals surface area contributed by atoms with Crippen LogP contribution < -0.4 is 11.2 Å². The summed E-state index contributed by atoms with van der Waals surface area (Å²) in [6, 6.07) is 0.239. The van der Waals surface area contributed by atoms with Gasteiger partial charge in [-0.1, -0.05) is 6.42 Å². The number of rotatable bonds is 2. The third-order valence-electron chi connectivity index (χ3n) is 2.29. The minimum Gasteiger partial charge on any atom is -0.368 e. The maximum absolute atomic E-state index is 8.35. The lowest BCUT2D eigenvalue weighted by Gasteiger charge is -2.28. The third-order valence-corrected chi connectivity index (χ3v) is 2.29. The fraction of sp³-hybridized carbons (Fsp3) is 0.857. The number of guanidine groups is 1. The van der Waals surface area contributed by atoms with Crippen LogP contribution in [0.3, 0.4) is 0 Å². The second-order valence-corrected chi connectivity index (χ2v) is 3.06. The molecular formula is C7H15N3O. The van der Waals surface area contributed by atoms with Crippen molar-refractivity contribution in [2.45, 2.75) is 32.2 Å². The molecule has 0 aromatic carbocycles. The number of aliphatic imine (C=N–C) groups is 1. The zero-order valence-electron chi connectivity index (χ0n) is 6.75. The van der Waals surface area contributed by atoms with Gasteiger partial charge < -0.3 is 5.73 Å². The molecule has 0 saturated heterocycles. The van der Waals surface area contributed by atoms with Crippen molar-refractivity contribution in [3.63, 3.8) is 0 Å². The smallest absolute Gasteiger partial charge is 0.213 e. The van der Waals surface area contributed by atoms with Gasteiger partial charge in [0, 0.05) is 0 Å². The Hall–Kier alpha value is -0.770. The first kappa shape index (κ1) is 8.33. The van der Waals surface area contributed by atoms with Gasteiger partial charge in [-0.3, -0.25) is 5.21 Å². The molecule has 0 bridgehead atoms. The summed E-state index contributed by atoms with van der Waals surface area (Å²) in [5, 5.41) is 8.35. The molecule has 1 saturated carbocycles. The Morgan fingerprint density at radius 2 is 2.36 bits per heavy atom. The van der Waals surface area contributed by atoms with E-state index in [1.54, 1.807) is 0 Å². The molecule has 1 atom stereocenters. The predicted molar refractivity (Wildman–Crippen MR) is 43.3 cm³/mol. The van der Waals surface area contributed by atoms with Crippen LogP contribution >= 0.6 is 0 Å². The Labute approximate surface area is 66.5 Å². The van der Waals surface area contributed by atoms with Gasteiger partial charge in [0.1, 0.15) is 0 Å². The fourth-order valence-electron chi connectivity index (χ4n) is 1.28. The lowest BCUT2D eigenvalue weighted by atomic mass is 9.81. The molecule has 0 spiro atoms. The molecule has 0 heterocycles. The van der Waals surface area contributed by atoms with Gasteiger partial charge in [-0.25, -0.2) is 10.5 Å². The molecule has 4 nitrogen and oxygen atoms in total. The van der Waals surface area contributed by atoms with E-state index in [2.05, 4.69) is 4.99 Å². The normalized spacial score (nSPS) is 22.5. The minimum absolute atomic E-state index is 0.115. The molecule has 0 radical (unpaired) electrons. The van der Waals surface area contributed by atoms with Crippen LogP contribution in [-0.4, -0.2) is 17.2 Å². The number of nitrogens with two attached hydrogens (primary N) is 1. The monoisotopic (exact) mass is 157 g/mol. The van der Waals surface area contributed by atoms with Crippen molar-refractivity contribution < 1.29 is 5.21 Å². The molecule has 1 fully saturated rings. The zero-order valence-corrected chi connectivity index (χ0v) is 6.75. The van der Waals surface area contributed by atoms with Gasteiger partial charge >= 0.3 is 0 Å². The van der Waals surface area contributed by atoms with Crippen molar-refractivity contribution in [2.24, 2.45) is 16.6 Å². The topological polar surface area (TPSA) is 70.6 Å². The minimum atomic E-state index is 0.115. The lowest BCUT2D eigenvalue weighted by Crippen LogP contribution is -2.32. The SMILES string of the molecule is CC(N=C(N)NO)C1CCC1. The number of nitrogens with zero attached hydrogens (tertiary/aromatic N) is 1. The molecule has 11 heavy (non-hydrogen) atoms. The van der Waals surface area contributed by atoms with Crippen LogP contribution in [0, 0.1) is 5.92 Å². The molecular weight excluding hydrogens is 142 g/mol. The Kier molecular flexibility index (Phi) is 2.70. The van der Waals surface area contributed by atoms with E-state index in [1.807, 2.05) is 12.4 Å². The number of nitrogens with one attached hydrogen (secondary N) is 1. The van der Waals surface area contributed by atoms with Gasteiger partial charge in [0.15, 0.2) is 0 Å². The van der Waals surface area contributed by atoms with Crippen molar-refractivity contribution in [1.29, 1.82) is 0 Å². The molecule has 0 amide bonds. The average molecular weight is 157 g/mol. The van der Waals surface area contributed by atoms with Crippen molar-refractivity contribution in [3.05, 3.63) is 0 Å². The molecule has 1 unspecified atom stereocenters. The van der Waals surface area contributed by atoms with E-state index in [-0.39, 0.29) is 12.0 Å². The standard InChI is InChI=1S/C7H15N3O/c1-5(6-3-2-4-6)9-7(8)10-11/h5-6,11H,2-4H2,1H3,(H3,8,9,10). The second kappa shape index (κ2) is 3.57. The van der Waals surface area contributed by atoms with Crippen LogP contribution in [0.5, 0.6) is 0 Å². The largest absolute Gasteiger partial charge is 0.368 e. The summed E-state index contributed by atoms with van der Waals surface area (Å²) in [6.07, 6.45) is 3.78. The Balaban J connectivity index is 2.34. The molecule has 1 rings (SSSR count). The molecule has 1 aliphatic rings. The van der Waals surface area contributed by atoms with Gasteiger partial charge in [-0.2, -0.15) is 0 Å².